The quantitative estimate of drug-likeness (QED) is 0.664. The van der Waals surface area contributed by atoms with E-state index in [1.54, 1.807) is 0 Å². The highest BCUT2D eigenvalue weighted by Gasteiger charge is 2.31. The second-order valence-corrected chi connectivity index (χ2v) is 4.85. The van der Waals surface area contributed by atoms with Crippen LogP contribution in [0.15, 0.2) is 36.9 Å². The van der Waals surface area contributed by atoms with Crippen molar-refractivity contribution in [3.05, 3.63) is 48.0 Å². The average molecular weight is 330 g/mol. The van der Waals surface area contributed by atoms with E-state index >= 15 is 0 Å². The fourth-order valence-electron chi connectivity index (χ4n) is 1.83. The molecule has 0 radical (unpaired) electrons. The molecule has 0 saturated carbocycles. The van der Waals surface area contributed by atoms with Crippen LogP contribution in [0.5, 0.6) is 0 Å². The summed E-state index contributed by atoms with van der Waals surface area (Å²) in [6.45, 7) is 3.48. The van der Waals surface area contributed by atoms with Crippen LogP contribution in [0.2, 0.25) is 0 Å². The topological polar surface area (TPSA) is 92.4 Å². The van der Waals surface area contributed by atoms with Gasteiger partial charge in [0.1, 0.15) is 6.04 Å². The van der Waals surface area contributed by atoms with Gasteiger partial charge in [-0.3, -0.25) is 9.59 Å². The number of carbonyl (C=O) groups is 2. The van der Waals surface area contributed by atoms with E-state index in [-0.39, 0.29) is 12.0 Å². The predicted molar refractivity (Wildman–Crippen MR) is 77.0 cm³/mol. The highest BCUT2D eigenvalue weighted by atomic mass is 19.4. The number of hydrogen-bond acceptors (Lipinski definition) is 3. The van der Waals surface area contributed by atoms with Gasteiger partial charge in [-0.05, 0) is 30.5 Å². The lowest BCUT2D eigenvalue weighted by molar-refractivity contribution is -0.137. The fourth-order valence-corrected chi connectivity index (χ4v) is 1.83. The third-order valence-corrected chi connectivity index (χ3v) is 3.12. The molecule has 0 fully saturated rings. The number of benzene rings is 1. The molecule has 4 N–H and O–H groups in total. The zero-order valence-corrected chi connectivity index (χ0v) is 12.1. The molecule has 1 aromatic rings. The average Bonchev–Trinajstić information content (AvgIpc) is 2.49. The van der Waals surface area contributed by atoms with E-state index < -0.39 is 35.7 Å². The smallest absolute Gasteiger partial charge is 0.378 e. The van der Waals surface area contributed by atoms with Crippen molar-refractivity contribution < 1.29 is 27.9 Å². The molecule has 0 saturated heterocycles. The molecule has 0 aromatic heterocycles. The zero-order valence-electron chi connectivity index (χ0n) is 12.1. The number of allylic oxidation sites excluding steroid dienone is 1. The van der Waals surface area contributed by atoms with Crippen molar-refractivity contribution in [1.82, 2.24) is 5.32 Å². The zero-order chi connectivity index (χ0) is 17.6. The Kier molecular flexibility index (Phi) is 6.32. The molecule has 0 aliphatic rings. The van der Waals surface area contributed by atoms with Gasteiger partial charge in [0.25, 0.3) is 5.91 Å². The van der Waals surface area contributed by atoms with Crippen molar-refractivity contribution in [2.75, 3.05) is 0 Å². The molecule has 8 heteroatoms. The Bertz CT molecular complexity index is 570. The van der Waals surface area contributed by atoms with Crippen LogP contribution in [0.25, 0.3) is 0 Å². The normalized spacial score (nSPS) is 13.9. The van der Waals surface area contributed by atoms with Crippen LogP contribution in [0, 0.1) is 0 Å². The minimum absolute atomic E-state index is 0.0255. The summed E-state index contributed by atoms with van der Waals surface area (Å²) in [7, 11) is 0. The highest BCUT2D eigenvalue weighted by molar-refractivity contribution is 5.89. The lowest BCUT2D eigenvalue weighted by Gasteiger charge is -2.18. The van der Waals surface area contributed by atoms with Crippen molar-refractivity contribution in [3.63, 3.8) is 0 Å². The van der Waals surface area contributed by atoms with E-state index in [0.717, 1.165) is 24.3 Å². The highest BCUT2D eigenvalue weighted by Crippen LogP contribution is 2.29. The third-order valence-electron chi connectivity index (χ3n) is 3.12. The summed E-state index contributed by atoms with van der Waals surface area (Å²) < 4.78 is 37.4. The molecule has 2 amide bonds. The van der Waals surface area contributed by atoms with Crippen molar-refractivity contribution >= 4 is 11.8 Å². The first-order valence-electron chi connectivity index (χ1n) is 6.72. The maximum atomic E-state index is 12.5. The number of alkyl halides is 3. The minimum atomic E-state index is -4.51. The number of rotatable bonds is 7. The van der Waals surface area contributed by atoms with Crippen molar-refractivity contribution in [2.24, 2.45) is 5.73 Å². The van der Waals surface area contributed by atoms with Crippen LogP contribution >= 0.6 is 0 Å². The SMILES string of the molecule is C=CCC[C@H](NC(=O)[C@H](O)c1ccc(C(F)(F)F)cc1)C(N)=O. The van der Waals surface area contributed by atoms with Crippen LogP contribution in [0.1, 0.15) is 30.1 Å². The second kappa shape index (κ2) is 7.77. The molecule has 23 heavy (non-hydrogen) atoms. The molecule has 2 atom stereocenters. The number of primary amides is 1. The van der Waals surface area contributed by atoms with Crippen LogP contribution < -0.4 is 11.1 Å². The van der Waals surface area contributed by atoms with Gasteiger partial charge in [-0.15, -0.1) is 6.58 Å². The number of amides is 2. The summed E-state index contributed by atoms with van der Waals surface area (Å²) in [6, 6.07) is 2.51. The number of halogens is 3. The van der Waals surface area contributed by atoms with Crippen LogP contribution in [-0.2, 0) is 15.8 Å². The Morgan fingerprint density at radius 2 is 1.87 bits per heavy atom. The monoisotopic (exact) mass is 330 g/mol. The number of nitrogens with two attached hydrogens (primary N) is 1. The van der Waals surface area contributed by atoms with Crippen molar-refractivity contribution in [1.29, 1.82) is 0 Å². The van der Waals surface area contributed by atoms with Gasteiger partial charge in [0, 0.05) is 0 Å². The van der Waals surface area contributed by atoms with E-state index in [9.17, 15) is 27.9 Å². The first-order valence-corrected chi connectivity index (χ1v) is 6.72. The molecule has 1 aromatic carbocycles. The van der Waals surface area contributed by atoms with Gasteiger partial charge >= 0.3 is 6.18 Å². The van der Waals surface area contributed by atoms with E-state index in [1.165, 1.54) is 6.08 Å². The first-order chi connectivity index (χ1) is 10.7. The molecular formula is C15H17F3N2O3. The summed E-state index contributed by atoms with van der Waals surface area (Å²) in [5.41, 5.74) is 4.22. The van der Waals surface area contributed by atoms with Crippen LogP contribution in [0.3, 0.4) is 0 Å². The predicted octanol–water partition coefficient (Wildman–Crippen LogP) is 1.68. The van der Waals surface area contributed by atoms with E-state index in [4.69, 9.17) is 5.73 Å². The summed E-state index contributed by atoms with van der Waals surface area (Å²) in [6.07, 6.45) is -4.04. The molecule has 0 aliphatic heterocycles. The summed E-state index contributed by atoms with van der Waals surface area (Å²) in [5, 5.41) is 12.1. The van der Waals surface area contributed by atoms with E-state index in [1.807, 2.05) is 0 Å². The Morgan fingerprint density at radius 3 is 2.30 bits per heavy atom. The molecule has 0 aliphatic carbocycles. The Balaban J connectivity index is 2.79. The molecule has 1 rings (SSSR count). The summed E-state index contributed by atoms with van der Waals surface area (Å²) in [4.78, 5) is 23.1. The molecule has 0 heterocycles. The van der Waals surface area contributed by atoms with Gasteiger partial charge in [-0.2, -0.15) is 13.2 Å². The lowest BCUT2D eigenvalue weighted by Crippen LogP contribution is -2.46. The van der Waals surface area contributed by atoms with E-state index in [0.29, 0.717) is 6.42 Å². The van der Waals surface area contributed by atoms with Gasteiger partial charge < -0.3 is 16.2 Å². The van der Waals surface area contributed by atoms with Gasteiger partial charge in [-0.1, -0.05) is 18.2 Å². The fraction of sp³-hybridized carbons (Fsp3) is 0.333. The summed E-state index contributed by atoms with van der Waals surface area (Å²) in [5.74, 6) is -1.70. The largest absolute Gasteiger partial charge is 0.416 e. The summed E-state index contributed by atoms with van der Waals surface area (Å²) >= 11 is 0. The Morgan fingerprint density at radius 1 is 1.30 bits per heavy atom. The molecule has 0 bridgehead atoms. The Hall–Kier alpha value is -2.35. The van der Waals surface area contributed by atoms with Crippen LogP contribution in [0.4, 0.5) is 13.2 Å². The third kappa shape index (κ3) is 5.41. The number of nitrogens with one attached hydrogen (secondary N) is 1. The van der Waals surface area contributed by atoms with Gasteiger partial charge in [0.15, 0.2) is 6.10 Å². The molecule has 0 spiro atoms. The van der Waals surface area contributed by atoms with Crippen molar-refractivity contribution in [2.45, 2.75) is 31.2 Å². The molecule has 126 valence electrons. The lowest BCUT2D eigenvalue weighted by atomic mass is 10.0. The van der Waals surface area contributed by atoms with Gasteiger partial charge in [-0.25, -0.2) is 0 Å². The molecule has 5 nitrogen and oxygen atoms in total. The number of hydrogen-bond donors (Lipinski definition) is 3. The number of carbonyl (C=O) groups excluding carboxylic acids is 2. The maximum Gasteiger partial charge on any atom is 0.416 e. The van der Waals surface area contributed by atoms with Crippen LogP contribution in [-0.4, -0.2) is 23.0 Å². The molecule has 0 unspecified atom stereocenters. The van der Waals surface area contributed by atoms with Gasteiger partial charge in [0.2, 0.25) is 5.91 Å². The standard InChI is InChI=1S/C15H17F3N2O3/c1-2-3-4-11(13(19)22)20-14(23)12(21)9-5-7-10(8-6-9)15(16,17)18/h2,5-8,11-12,21H,1,3-4H2,(H2,19,22)(H,20,23)/t11-,12+/m0/s1. The van der Waals surface area contributed by atoms with Crippen molar-refractivity contribution in [3.8, 4) is 0 Å². The first kappa shape index (κ1) is 18.7. The minimum Gasteiger partial charge on any atom is -0.378 e. The van der Waals surface area contributed by atoms with E-state index in [2.05, 4.69) is 11.9 Å². The molecular weight excluding hydrogens is 313 g/mol. The maximum absolute atomic E-state index is 12.5. The van der Waals surface area contributed by atoms with Gasteiger partial charge in [0.05, 0.1) is 5.56 Å². The second-order valence-electron chi connectivity index (χ2n) is 4.85. The number of aliphatic hydroxyl groups excluding tert-OH is 1. The Labute approximate surface area is 131 Å². The number of aliphatic hydroxyl groups is 1.